The van der Waals surface area contributed by atoms with Gasteiger partial charge in [0.15, 0.2) is 0 Å². The maximum atomic E-state index is 12.8. The number of rotatable bonds is 4. The topological polar surface area (TPSA) is 38.8 Å². The summed E-state index contributed by atoms with van der Waals surface area (Å²) in [6.45, 7) is 2.01. The molecule has 1 aromatic rings. The SMILES string of the molecule is COc1ccc(C2(C(=O)OC3CCN(C)CC3)CCC2)cc1. The number of ether oxygens (including phenoxy) is 2. The fraction of sp³-hybridized carbons (Fsp3) is 0.611. The van der Waals surface area contributed by atoms with Crippen LogP contribution in [-0.4, -0.2) is 44.2 Å². The standard InChI is InChI=1S/C18H25NO3/c1-19-12-8-16(9-13-19)22-17(20)18(10-3-11-18)14-4-6-15(21-2)7-5-14/h4-7,16H,3,8-13H2,1-2H3. The van der Waals surface area contributed by atoms with Crippen LogP contribution in [0, 0.1) is 0 Å². The van der Waals surface area contributed by atoms with Gasteiger partial charge in [0.05, 0.1) is 12.5 Å². The van der Waals surface area contributed by atoms with Crippen LogP contribution in [0.2, 0.25) is 0 Å². The summed E-state index contributed by atoms with van der Waals surface area (Å²) in [4.78, 5) is 15.1. The van der Waals surface area contributed by atoms with Crippen molar-refractivity contribution >= 4 is 5.97 Å². The van der Waals surface area contributed by atoms with Gasteiger partial charge < -0.3 is 14.4 Å². The van der Waals surface area contributed by atoms with E-state index in [0.717, 1.165) is 56.5 Å². The summed E-state index contributed by atoms with van der Waals surface area (Å²) in [7, 11) is 3.77. The summed E-state index contributed by atoms with van der Waals surface area (Å²) in [5.74, 6) is 0.792. The fourth-order valence-electron chi connectivity index (χ4n) is 3.42. The van der Waals surface area contributed by atoms with Gasteiger partial charge in [0.25, 0.3) is 0 Å². The van der Waals surface area contributed by atoms with Crippen molar-refractivity contribution in [3.05, 3.63) is 29.8 Å². The number of methoxy groups -OCH3 is 1. The molecule has 1 aromatic carbocycles. The van der Waals surface area contributed by atoms with Crippen LogP contribution in [0.5, 0.6) is 5.75 Å². The molecule has 0 bridgehead atoms. The second kappa shape index (κ2) is 6.29. The molecule has 0 amide bonds. The summed E-state index contributed by atoms with van der Waals surface area (Å²) in [5.41, 5.74) is 0.646. The number of likely N-dealkylation sites (tertiary alicyclic amines) is 1. The lowest BCUT2D eigenvalue weighted by Crippen LogP contribution is -2.46. The molecule has 0 unspecified atom stereocenters. The summed E-state index contributed by atoms with van der Waals surface area (Å²) in [5, 5.41) is 0. The molecule has 0 aromatic heterocycles. The molecule has 1 saturated carbocycles. The Kier molecular flexibility index (Phi) is 4.39. The van der Waals surface area contributed by atoms with Gasteiger partial charge in [-0.3, -0.25) is 4.79 Å². The summed E-state index contributed by atoms with van der Waals surface area (Å²) < 4.78 is 11.1. The van der Waals surface area contributed by atoms with Gasteiger partial charge in [-0.05, 0) is 50.4 Å². The maximum absolute atomic E-state index is 12.8. The molecule has 0 radical (unpaired) electrons. The number of carbonyl (C=O) groups excluding carboxylic acids is 1. The van der Waals surface area contributed by atoms with Crippen molar-refractivity contribution in [2.24, 2.45) is 0 Å². The van der Waals surface area contributed by atoms with E-state index in [1.807, 2.05) is 24.3 Å². The van der Waals surface area contributed by atoms with Gasteiger partial charge in [-0.2, -0.15) is 0 Å². The van der Waals surface area contributed by atoms with E-state index in [2.05, 4.69) is 11.9 Å². The highest BCUT2D eigenvalue weighted by Gasteiger charge is 2.47. The molecule has 4 nitrogen and oxygen atoms in total. The van der Waals surface area contributed by atoms with E-state index in [4.69, 9.17) is 9.47 Å². The minimum Gasteiger partial charge on any atom is -0.497 e. The highest BCUT2D eigenvalue weighted by Crippen LogP contribution is 2.45. The van der Waals surface area contributed by atoms with E-state index in [0.29, 0.717) is 0 Å². The molecular weight excluding hydrogens is 278 g/mol. The van der Waals surface area contributed by atoms with Gasteiger partial charge in [-0.1, -0.05) is 18.6 Å². The first-order chi connectivity index (χ1) is 10.6. The van der Waals surface area contributed by atoms with Gasteiger partial charge >= 0.3 is 5.97 Å². The van der Waals surface area contributed by atoms with Crippen LogP contribution in [0.25, 0.3) is 0 Å². The molecule has 0 spiro atoms. The summed E-state index contributed by atoms with van der Waals surface area (Å²) >= 11 is 0. The average molecular weight is 303 g/mol. The molecule has 1 saturated heterocycles. The zero-order valence-electron chi connectivity index (χ0n) is 13.5. The van der Waals surface area contributed by atoms with E-state index in [-0.39, 0.29) is 12.1 Å². The Labute approximate surface area is 132 Å². The number of nitrogens with zero attached hydrogens (tertiary/aromatic N) is 1. The smallest absolute Gasteiger partial charge is 0.316 e. The third-order valence-electron chi connectivity index (χ3n) is 5.18. The number of hydrogen-bond acceptors (Lipinski definition) is 4. The van der Waals surface area contributed by atoms with E-state index in [1.54, 1.807) is 7.11 Å². The largest absolute Gasteiger partial charge is 0.497 e. The first-order valence-electron chi connectivity index (χ1n) is 8.18. The Morgan fingerprint density at radius 3 is 2.32 bits per heavy atom. The maximum Gasteiger partial charge on any atom is 0.316 e. The second-order valence-electron chi connectivity index (χ2n) is 6.57. The Hall–Kier alpha value is -1.55. The van der Waals surface area contributed by atoms with Crippen LogP contribution in [-0.2, 0) is 14.9 Å². The minimum absolute atomic E-state index is 0.0292. The van der Waals surface area contributed by atoms with Gasteiger partial charge in [0.2, 0.25) is 0 Å². The van der Waals surface area contributed by atoms with Crippen molar-refractivity contribution < 1.29 is 14.3 Å². The highest BCUT2D eigenvalue weighted by molar-refractivity contribution is 5.84. The van der Waals surface area contributed by atoms with Crippen LogP contribution in [0.1, 0.15) is 37.7 Å². The van der Waals surface area contributed by atoms with Crippen LogP contribution < -0.4 is 4.74 Å². The third kappa shape index (κ3) is 2.84. The summed E-state index contributed by atoms with van der Waals surface area (Å²) in [6.07, 6.45) is 4.85. The quantitative estimate of drug-likeness (QED) is 0.802. The monoisotopic (exact) mass is 303 g/mol. The molecule has 22 heavy (non-hydrogen) atoms. The average Bonchev–Trinajstić information content (AvgIpc) is 2.49. The number of carbonyl (C=O) groups is 1. The van der Waals surface area contributed by atoms with Crippen molar-refractivity contribution in [3.8, 4) is 5.75 Å². The molecule has 3 rings (SSSR count). The predicted octanol–water partition coefficient (Wildman–Crippen LogP) is 2.75. The lowest BCUT2D eigenvalue weighted by molar-refractivity contribution is -0.162. The Bertz CT molecular complexity index is 514. The van der Waals surface area contributed by atoms with Crippen LogP contribution >= 0.6 is 0 Å². The molecule has 1 aliphatic carbocycles. The van der Waals surface area contributed by atoms with Crippen LogP contribution in [0.3, 0.4) is 0 Å². The van der Waals surface area contributed by atoms with Crippen molar-refractivity contribution in [1.29, 1.82) is 0 Å². The zero-order chi connectivity index (χ0) is 15.6. The number of benzene rings is 1. The second-order valence-corrected chi connectivity index (χ2v) is 6.57. The Morgan fingerprint density at radius 2 is 1.82 bits per heavy atom. The molecule has 1 aliphatic heterocycles. The predicted molar refractivity (Wildman–Crippen MR) is 85.1 cm³/mol. The van der Waals surface area contributed by atoms with E-state index < -0.39 is 5.41 Å². The highest BCUT2D eigenvalue weighted by atomic mass is 16.5. The van der Waals surface area contributed by atoms with Crippen molar-refractivity contribution in [1.82, 2.24) is 4.90 Å². The fourth-order valence-corrected chi connectivity index (χ4v) is 3.42. The minimum atomic E-state index is -0.421. The Morgan fingerprint density at radius 1 is 1.18 bits per heavy atom. The van der Waals surface area contributed by atoms with Gasteiger partial charge in [0, 0.05) is 13.1 Å². The van der Waals surface area contributed by atoms with Crippen LogP contribution in [0.15, 0.2) is 24.3 Å². The number of esters is 1. The summed E-state index contributed by atoms with van der Waals surface area (Å²) in [6, 6.07) is 7.87. The first kappa shape index (κ1) is 15.3. The van der Waals surface area contributed by atoms with E-state index in [1.165, 1.54) is 0 Å². The molecule has 4 heteroatoms. The van der Waals surface area contributed by atoms with Crippen LogP contribution in [0.4, 0.5) is 0 Å². The molecule has 2 aliphatic rings. The van der Waals surface area contributed by atoms with Crippen molar-refractivity contribution in [2.45, 2.75) is 43.6 Å². The number of piperidine rings is 1. The third-order valence-corrected chi connectivity index (χ3v) is 5.18. The molecule has 2 fully saturated rings. The molecule has 1 heterocycles. The van der Waals surface area contributed by atoms with E-state index in [9.17, 15) is 4.79 Å². The molecular formula is C18H25NO3. The van der Waals surface area contributed by atoms with E-state index >= 15 is 0 Å². The van der Waals surface area contributed by atoms with Gasteiger partial charge in [-0.25, -0.2) is 0 Å². The van der Waals surface area contributed by atoms with Gasteiger partial charge in [0.1, 0.15) is 11.9 Å². The molecule has 0 atom stereocenters. The molecule has 120 valence electrons. The lowest BCUT2D eigenvalue weighted by atomic mass is 9.64. The van der Waals surface area contributed by atoms with Crippen molar-refractivity contribution in [2.75, 3.05) is 27.2 Å². The molecule has 0 N–H and O–H groups in total. The first-order valence-corrected chi connectivity index (χ1v) is 8.18. The lowest BCUT2D eigenvalue weighted by Gasteiger charge is -2.41. The number of hydrogen-bond donors (Lipinski definition) is 0. The zero-order valence-corrected chi connectivity index (χ0v) is 13.5. The van der Waals surface area contributed by atoms with Gasteiger partial charge in [-0.15, -0.1) is 0 Å². The Balaban J connectivity index is 1.70. The normalized spacial score (nSPS) is 21.9. The van der Waals surface area contributed by atoms with Crippen molar-refractivity contribution in [3.63, 3.8) is 0 Å².